The van der Waals surface area contributed by atoms with Crippen LogP contribution in [0.2, 0.25) is 0 Å². The van der Waals surface area contributed by atoms with Crippen molar-refractivity contribution in [2.45, 2.75) is 6.61 Å². The fourth-order valence-corrected chi connectivity index (χ4v) is 3.49. The number of methoxy groups -OCH3 is 2. The average Bonchev–Trinajstić information content (AvgIpc) is 3.28. The highest BCUT2D eigenvalue weighted by molar-refractivity contribution is 9.10. The Hall–Kier alpha value is -3.32. The van der Waals surface area contributed by atoms with Gasteiger partial charge in [-0.05, 0) is 36.4 Å². The lowest BCUT2D eigenvalue weighted by Gasteiger charge is -2.11. The third kappa shape index (κ3) is 4.72. The van der Waals surface area contributed by atoms with Gasteiger partial charge in [-0.15, -0.1) is 0 Å². The van der Waals surface area contributed by atoms with Crippen LogP contribution in [0.3, 0.4) is 0 Å². The lowest BCUT2D eigenvalue weighted by atomic mass is 10.1. The van der Waals surface area contributed by atoms with Crippen molar-refractivity contribution in [1.29, 1.82) is 0 Å². The van der Waals surface area contributed by atoms with Crippen LogP contribution in [-0.4, -0.2) is 24.2 Å². The monoisotopic (exact) mass is 482 g/mol. The Morgan fingerprint density at radius 3 is 2.61 bits per heavy atom. The molecule has 0 unspecified atom stereocenters. The third-order valence-corrected chi connectivity index (χ3v) is 5.28. The minimum absolute atomic E-state index is 0.117. The fraction of sp³-hybridized carbons (Fsp3) is 0.125. The first-order valence-electron chi connectivity index (χ1n) is 9.52. The Kier molecular flexibility index (Phi) is 6.23. The summed E-state index contributed by atoms with van der Waals surface area (Å²) in [5, 5.41) is 0. The number of aromatic amines is 1. The average molecular weight is 483 g/mol. The van der Waals surface area contributed by atoms with E-state index in [9.17, 15) is 4.39 Å². The summed E-state index contributed by atoms with van der Waals surface area (Å²) in [6.07, 6.45) is 1.75. The summed E-state index contributed by atoms with van der Waals surface area (Å²) in [6.45, 7) is 0.117. The van der Waals surface area contributed by atoms with Crippen molar-refractivity contribution in [3.05, 3.63) is 82.7 Å². The number of halogens is 2. The normalized spacial score (nSPS) is 10.7. The second-order valence-corrected chi connectivity index (χ2v) is 7.68. The van der Waals surface area contributed by atoms with Crippen LogP contribution < -0.4 is 14.2 Å². The summed E-state index contributed by atoms with van der Waals surface area (Å²) < 4.78 is 31.3. The van der Waals surface area contributed by atoms with Gasteiger partial charge in [-0.1, -0.05) is 34.1 Å². The van der Waals surface area contributed by atoms with Gasteiger partial charge in [-0.3, -0.25) is 0 Å². The highest BCUT2D eigenvalue weighted by atomic mass is 79.9. The highest BCUT2D eigenvalue weighted by Gasteiger charge is 2.13. The first kappa shape index (κ1) is 20.9. The van der Waals surface area contributed by atoms with Gasteiger partial charge >= 0.3 is 0 Å². The second kappa shape index (κ2) is 9.22. The van der Waals surface area contributed by atoms with Crippen LogP contribution >= 0.6 is 15.9 Å². The molecule has 0 fully saturated rings. The Bertz CT molecular complexity index is 1210. The zero-order valence-electron chi connectivity index (χ0n) is 17.0. The molecule has 31 heavy (non-hydrogen) atoms. The standard InChI is InChI=1S/C24H20BrFN2O3/c1-29-18-5-3-4-15(10-18)24-27-13-22(28-24)20-9-8-19(12-23(20)30-2)31-14-16-6-7-17(25)11-21(16)26/h3-13H,14H2,1-2H3,(H,27,28). The number of hydrogen-bond donors (Lipinski definition) is 1. The zero-order chi connectivity index (χ0) is 21.8. The van der Waals surface area contributed by atoms with Gasteiger partial charge in [0, 0.05) is 27.2 Å². The Morgan fingerprint density at radius 2 is 1.84 bits per heavy atom. The number of nitrogens with zero attached hydrogens (tertiary/aromatic N) is 1. The molecule has 5 nitrogen and oxygen atoms in total. The Balaban J connectivity index is 1.55. The number of imidazole rings is 1. The molecular formula is C24H20BrFN2O3. The molecule has 7 heteroatoms. The van der Waals surface area contributed by atoms with Crippen molar-refractivity contribution in [3.8, 4) is 39.9 Å². The molecule has 4 rings (SSSR count). The third-order valence-electron chi connectivity index (χ3n) is 4.79. The molecular weight excluding hydrogens is 463 g/mol. The summed E-state index contributed by atoms with van der Waals surface area (Å²) in [4.78, 5) is 7.81. The quantitative estimate of drug-likeness (QED) is 0.338. The number of aromatic nitrogens is 2. The van der Waals surface area contributed by atoms with Crippen LogP contribution in [0.1, 0.15) is 5.56 Å². The number of rotatable bonds is 7. The highest BCUT2D eigenvalue weighted by Crippen LogP contribution is 2.34. The Morgan fingerprint density at radius 1 is 0.968 bits per heavy atom. The van der Waals surface area contributed by atoms with Crippen molar-refractivity contribution >= 4 is 15.9 Å². The van der Waals surface area contributed by atoms with Gasteiger partial charge in [-0.25, -0.2) is 9.37 Å². The maximum absolute atomic E-state index is 14.0. The fourth-order valence-electron chi connectivity index (χ4n) is 3.16. The molecule has 158 valence electrons. The predicted molar refractivity (Wildman–Crippen MR) is 121 cm³/mol. The van der Waals surface area contributed by atoms with Crippen LogP contribution in [0.4, 0.5) is 4.39 Å². The minimum atomic E-state index is -0.319. The van der Waals surface area contributed by atoms with Crippen molar-refractivity contribution < 1.29 is 18.6 Å². The molecule has 0 saturated heterocycles. The summed E-state index contributed by atoms with van der Waals surface area (Å²) in [6, 6.07) is 18.0. The number of ether oxygens (including phenoxy) is 3. The van der Waals surface area contributed by atoms with E-state index in [1.54, 1.807) is 38.6 Å². The summed E-state index contributed by atoms with van der Waals surface area (Å²) >= 11 is 3.25. The molecule has 1 aromatic heterocycles. The van der Waals surface area contributed by atoms with Crippen LogP contribution in [0, 0.1) is 5.82 Å². The van der Waals surface area contributed by atoms with Crippen molar-refractivity contribution in [2.75, 3.05) is 14.2 Å². The van der Waals surface area contributed by atoms with E-state index in [-0.39, 0.29) is 12.4 Å². The van der Waals surface area contributed by atoms with Gasteiger partial charge in [0.25, 0.3) is 0 Å². The zero-order valence-corrected chi connectivity index (χ0v) is 18.6. The largest absolute Gasteiger partial charge is 0.497 e. The first-order valence-corrected chi connectivity index (χ1v) is 10.3. The van der Waals surface area contributed by atoms with E-state index in [1.807, 2.05) is 36.4 Å². The molecule has 0 aliphatic carbocycles. The van der Waals surface area contributed by atoms with Gasteiger partial charge in [0.15, 0.2) is 0 Å². The molecule has 0 aliphatic rings. The van der Waals surface area contributed by atoms with Gasteiger partial charge in [0.1, 0.15) is 35.5 Å². The molecule has 0 amide bonds. The summed E-state index contributed by atoms with van der Waals surface area (Å²) in [5.41, 5.74) is 3.04. The molecule has 0 atom stereocenters. The lowest BCUT2D eigenvalue weighted by molar-refractivity contribution is 0.297. The molecule has 0 aliphatic heterocycles. The molecule has 0 saturated carbocycles. The molecule has 4 aromatic rings. The van der Waals surface area contributed by atoms with E-state index >= 15 is 0 Å². The molecule has 1 N–H and O–H groups in total. The Labute approximate surface area is 188 Å². The van der Waals surface area contributed by atoms with E-state index in [4.69, 9.17) is 14.2 Å². The topological polar surface area (TPSA) is 56.4 Å². The van der Waals surface area contributed by atoms with Crippen LogP contribution in [0.25, 0.3) is 22.6 Å². The maximum Gasteiger partial charge on any atom is 0.137 e. The molecule has 1 heterocycles. The summed E-state index contributed by atoms with van der Waals surface area (Å²) in [7, 11) is 3.22. The molecule has 3 aromatic carbocycles. The number of nitrogens with one attached hydrogen (secondary N) is 1. The van der Waals surface area contributed by atoms with Crippen molar-refractivity contribution in [2.24, 2.45) is 0 Å². The van der Waals surface area contributed by atoms with Gasteiger partial charge < -0.3 is 19.2 Å². The van der Waals surface area contributed by atoms with E-state index in [2.05, 4.69) is 25.9 Å². The molecule has 0 radical (unpaired) electrons. The van der Waals surface area contributed by atoms with E-state index in [0.29, 0.717) is 21.5 Å². The van der Waals surface area contributed by atoms with Crippen molar-refractivity contribution in [1.82, 2.24) is 9.97 Å². The van der Waals surface area contributed by atoms with E-state index < -0.39 is 0 Å². The lowest BCUT2D eigenvalue weighted by Crippen LogP contribution is -1.99. The van der Waals surface area contributed by atoms with Crippen LogP contribution in [0.5, 0.6) is 17.2 Å². The van der Waals surface area contributed by atoms with Crippen LogP contribution in [-0.2, 0) is 6.61 Å². The van der Waals surface area contributed by atoms with Gasteiger partial charge in [-0.2, -0.15) is 0 Å². The first-order chi connectivity index (χ1) is 15.1. The maximum atomic E-state index is 14.0. The van der Waals surface area contributed by atoms with E-state index in [0.717, 1.165) is 28.4 Å². The second-order valence-electron chi connectivity index (χ2n) is 6.76. The number of hydrogen-bond acceptors (Lipinski definition) is 4. The van der Waals surface area contributed by atoms with E-state index in [1.165, 1.54) is 6.07 Å². The molecule has 0 bridgehead atoms. The SMILES string of the molecule is COc1cccc(-c2ncc(-c3ccc(OCc4ccc(Br)cc4F)cc3OC)[nH]2)c1. The number of H-pyrrole nitrogens is 1. The molecule has 0 spiro atoms. The minimum Gasteiger partial charge on any atom is -0.497 e. The van der Waals surface area contributed by atoms with Crippen LogP contribution in [0.15, 0.2) is 71.3 Å². The van der Waals surface area contributed by atoms with Crippen molar-refractivity contribution in [3.63, 3.8) is 0 Å². The van der Waals surface area contributed by atoms with Gasteiger partial charge in [0.05, 0.1) is 26.1 Å². The predicted octanol–water partition coefficient (Wildman–Crippen LogP) is 6.24. The van der Waals surface area contributed by atoms with Gasteiger partial charge in [0.2, 0.25) is 0 Å². The number of benzene rings is 3. The summed E-state index contributed by atoms with van der Waals surface area (Å²) in [5.74, 6) is 2.37. The smallest absolute Gasteiger partial charge is 0.137 e.